The van der Waals surface area contributed by atoms with E-state index < -0.39 is 11.9 Å². The highest BCUT2D eigenvalue weighted by molar-refractivity contribution is 6.09. The average molecular weight is 443 g/mol. The number of nitrogens with one attached hydrogen (secondary N) is 1. The Kier molecular flexibility index (Phi) is 6.75. The van der Waals surface area contributed by atoms with Crippen molar-refractivity contribution < 1.29 is 23.5 Å². The minimum absolute atomic E-state index is 0.231. The fourth-order valence-electron chi connectivity index (χ4n) is 3.17. The van der Waals surface area contributed by atoms with E-state index in [1.54, 1.807) is 43.5 Å². The van der Waals surface area contributed by atoms with Crippen LogP contribution in [0, 0.1) is 0 Å². The van der Waals surface area contributed by atoms with Gasteiger partial charge >= 0.3 is 5.97 Å². The molecule has 0 bridgehead atoms. The van der Waals surface area contributed by atoms with Gasteiger partial charge in [0.2, 0.25) is 0 Å². The number of hydrogen-bond acceptors (Lipinski definition) is 7. The number of benzene rings is 2. The van der Waals surface area contributed by atoms with Crippen molar-refractivity contribution in [3.63, 3.8) is 0 Å². The van der Waals surface area contributed by atoms with Crippen LogP contribution in [0.4, 0.5) is 0 Å². The molecule has 0 unspecified atom stereocenters. The van der Waals surface area contributed by atoms with E-state index in [2.05, 4.69) is 15.5 Å². The van der Waals surface area contributed by atoms with Gasteiger partial charge in [0.05, 0.1) is 18.5 Å². The molecule has 0 atom stereocenters. The highest BCUT2D eigenvalue weighted by Crippen LogP contribution is 2.36. The molecule has 0 radical (unpaired) electrons. The number of amides is 1. The molecule has 0 aliphatic heterocycles. The molecule has 0 spiro atoms. The number of carbonyl (C=O) groups excluding carboxylic acids is 2. The van der Waals surface area contributed by atoms with Gasteiger partial charge < -0.3 is 13.9 Å². The van der Waals surface area contributed by atoms with Crippen molar-refractivity contribution in [2.24, 2.45) is 5.10 Å². The second-order valence-electron chi connectivity index (χ2n) is 6.89. The molecule has 8 heteroatoms. The van der Waals surface area contributed by atoms with Gasteiger partial charge in [-0.15, -0.1) is 0 Å². The molecule has 4 aromatic rings. The van der Waals surface area contributed by atoms with E-state index in [1.807, 2.05) is 36.4 Å². The maximum absolute atomic E-state index is 12.7. The molecular weight excluding hydrogens is 422 g/mol. The minimum atomic E-state index is -0.492. The topological polar surface area (TPSA) is 103 Å². The first-order valence-corrected chi connectivity index (χ1v) is 10.3. The van der Waals surface area contributed by atoms with E-state index in [4.69, 9.17) is 13.9 Å². The molecule has 8 nitrogen and oxygen atoms in total. The third kappa shape index (κ3) is 5.24. The Morgan fingerprint density at radius 1 is 1.09 bits per heavy atom. The number of hydrazone groups is 1. The molecule has 2 aromatic heterocycles. The first-order valence-electron chi connectivity index (χ1n) is 10.3. The highest BCUT2D eigenvalue weighted by Gasteiger charge is 2.23. The van der Waals surface area contributed by atoms with Crippen LogP contribution in [0.5, 0.6) is 5.75 Å². The summed E-state index contributed by atoms with van der Waals surface area (Å²) in [5, 5.41) is 4.40. The van der Waals surface area contributed by atoms with Gasteiger partial charge in [-0.1, -0.05) is 36.4 Å². The molecule has 33 heavy (non-hydrogen) atoms. The Morgan fingerprint density at radius 3 is 2.67 bits per heavy atom. The molecule has 2 heterocycles. The fourth-order valence-corrected chi connectivity index (χ4v) is 3.17. The van der Waals surface area contributed by atoms with Gasteiger partial charge in [0.1, 0.15) is 22.7 Å². The Bertz CT molecular complexity index is 1280. The Labute approximate surface area is 189 Å². The zero-order valence-electron chi connectivity index (χ0n) is 17.9. The van der Waals surface area contributed by atoms with E-state index in [0.717, 1.165) is 5.56 Å². The molecule has 0 aliphatic rings. The van der Waals surface area contributed by atoms with E-state index in [1.165, 1.54) is 6.21 Å². The number of ether oxygens (including phenoxy) is 2. The molecule has 0 fully saturated rings. The zero-order chi connectivity index (χ0) is 23.0. The number of fused-ring (bicyclic) bond motifs is 1. The SMILES string of the molecule is CCOC(=O)c1c(-c2ccccc2)oc2ccc(OCC(=O)N/N=C\c3ccccn3)cc12. The van der Waals surface area contributed by atoms with E-state index in [-0.39, 0.29) is 13.2 Å². The maximum atomic E-state index is 12.7. The van der Waals surface area contributed by atoms with Crippen LogP contribution < -0.4 is 10.2 Å². The number of pyridine rings is 1. The summed E-state index contributed by atoms with van der Waals surface area (Å²) >= 11 is 0. The predicted molar refractivity (Wildman–Crippen MR) is 123 cm³/mol. The second kappa shape index (κ2) is 10.2. The summed E-state index contributed by atoms with van der Waals surface area (Å²) < 4.78 is 16.8. The summed E-state index contributed by atoms with van der Waals surface area (Å²) in [4.78, 5) is 28.9. The van der Waals surface area contributed by atoms with E-state index >= 15 is 0 Å². The Balaban J connectivity index is 1.52. The van der Waals surface area contributed by atoms with Crippen LogP contribution in [0.25, 0.3) is 22.3 Å². The molecule has 4 rings (SSSR count). The molecule has 1 N–H and O–H groups in total. The first kappa shape index (κ1) is 21.8. The van der Waals surface area contributed by atoms with Crippen LogP contribution in [-0.2, 0) is 9.53 Å². The van der Waals surface area contributed by atoms with Gasteiger partial charge in [0.25, 0.3) is 5.91 Å². The maximum Gasteiger partial charge on any atom is 0.342 e. The lowest BCUT2D eigenvalue weighted by Gasteiger charge is -2.06. The summed E-state index contributed by atoms with van der Waals surface area (Å²) in [5.74, 6) is -0.112. The van der Waals surface area contributed by atoms with E-state index in [9.17, 15) is 9.59 Å². The van der Waals surface area contributed by atoms with Crippen LogP contribution in [0.1, 0.15) is 23.0 Å². The number of rotatable bonds is 8. The van der Waals surface area contributed by atoms with Crippen LogP contribution in [0.3, 0.4) is 0 Å². The average Bonchev–Trinajstić information content (AvgIpc) is 3.23. The summed E-state index contributed by atoms with van der Waals surface area (Å²) in [6.07, 6.45) is 3.07. The molecule has 2 aromatic carbocycles. The third-order valence-corrected chi connectivity index (χ3v) is 4.62. The van der Waals surface area contributed by atoms with Gasteiger partial charge in [0.15, 0.2) is 6.61 Å². The quantitative estimate of drug-likeness (QED) is 0.249. The fraction of sp³-hybridized carbons (Fsp3) is 0.120. The van der Waals surface area contributed by atoms with Crippen LogP contribution >= 0.6 is 0 Å². The minimum Gasteiger partial charge on any atom is -0.484 e. The largest absolute Gasteiger partial charge is 0.484 e. The van der Waals surface area contributed by atoms with E-state index in [0.29, 0.717) is 33.7 Å². The summed E-state index contributed by atoms with van der Waals surface area (Å²) in [6, 6.07) is 19.7. The number of carbonyl (C=O) groups is 2. The van der Waals surface area contributed by atoms with Crippen molar-refractivity contribution in [2.45, 2.75) is 6.92 Å². The first-order chi connectivity index (χ1) is 16.2. The van der Waals surface area contributed by atoms with Crippen LogP contribution in [-0.4, -0.2) is 36.3 Å². The van der Waals surface area contributed by atoms with Crippen molar-refractivity contribution in [3.8, 4) is 17.1 Å². The van der Waals surface area contributed by atoms with Gasteiger partial charge in [0, 0.05) is 17.1 Å². The lowest BCUT2D eigenvalue weighted by Crippen LogP contribution is -2.24. The van der Waals surface area contributed by atoms with Crippen molar-refractivity contribution in [3.05, 3.63) is 84.2 Å². The molecular formula is C25H21N3O5. The Hall–Kier alpha value is -4.46. The van der Waals surface area contributed by atoms with Crippen molar-refractivity contribution in [1.82, 2.24) is 10.4 Å². The van der Waals surface area contributed by atoms with Gasteiger partial charge in [-0.05, 0) is 37.3 Å². The molecule has 166 valence electrons. The summed E-state index contributed by atoms with van der Waals surface area (Å²) in [5.41, 5.74) is 4.57. The van der Waals surface area contributed by atoms with Crippen molar-refractivity contribution in [1.29, 1.82) is 0 Å². The monoisotopic (exact) mass is 443 g/mol. The number of furan rings is 1. The number of hydrogen-bond donors (Lipinski definition) is 1. The van der Waals surface area contributed by atoms with Gasteiger partial charge in [-0.2, -0.15) is 5.10 Å². The standard InChI is InChI=1S/C25H21N3O5/c1-2-31-25(30)23-20-14-19(11-12-21(20)33-24(23)17-8-4-3-5-9-17)32-16-22(29)28-27-15-18-10-6-7-13-26-18/h3-15H,2,16H2,1H3,(H,28,29)/b27-15-. The molecule has 0 aliphatic carbocycles. The van der Waals surface area contributed by atoms with Gasteiger partial charge in [-0.25, -0.2) is 10.2 Å². The lowest BCUT2D eigenvalue weighted by molar-refractivity contribution is -0.123. The van der Waals surface area contributed by atoms with Crippen molar-refractivity contribution in [2.75, 3.05) is 13.2 Å². The predicted octanol–water partition coefficient (Wildman–Crippen LogP) is 4.20. The molecule has 0 saturated carbocycles. The Morgan fingerprint density at radius 2 is 1.91 bits per heavy atom. The molecule has 1 amide bonds. The molecule has 0 saturated heterocycles. The number of aromatic nitrogens is 1. The smallest absolute Gasteiger partial charge is 0.342 e. The third-order valence-electron chi connectivity index (χ3n) is 4.62. The summed E-state index contributed by atoms with van der Waals surface area (Å²) in [7, 11) is 0. The zero-order valence-corrected chi connectivity index (χ0v) is 17.9. The van der Waals surface area contributed by atoms with Crippen molar-refractivity contribution >= 4 is 29.1 Å². The normalized spacial score (nSPS) is 10.9. The number of esters is 1. The summed E-state index contributed by atoms with van der Waals surface area (Å²) in [6.45, 7) is 1.71. The van der Waals surface area contributed by atoms with Crippen LogP contribution in [0.15, 0.2) is 82.4 Å². The lowest BCUT2D eigenvalue weighted by atomic mass is 10.1. The van der Waals surface area contributed by atoms with Gasteiger partial charge in [-0.3, -0.25) is 9.78 Å². The van der Waals surface area contributed by atoms with Crippen LogP contribution in [0.2, 0.25) is 0 Å². The second-order valence-corrected chi connectivity index (χ2v) is 6.89. The number of nitrogens with zero attached hydrogens (tertiary/aromatic N) is 2. The highest BCUT2D eigenvalue weighted by atomic mass is 16.5.